The summed E-state index contributed by atoms with van der Waals surface area (Å²) in [6, 6.07) is 9.85. The van der Waals surface area contributed by atoms with Gasteiger partial charge in [0.1, 0.15) is 6.61 Å². The maximum Gasteiger partial charge on any atom is 0.253 e. The fourth-order valence-electron chi connectivity index (χ4n) is 2.73. The molecule has 1 amide bonds. The van der Waals surface area contributed by atoms with Crippen LogP contribution in [0.15, 0.2) is 30.3 Å². The number of amides is 1. The standard InChI is InChI=1S/C14H18N2O2/c17-14-10-18-13(11-6-7-15-8-11)9-16(14)12-4-2-1-3-5-12/h1-5,11,13,15H,6-10H2. The van der Waals surface area contributed by atoms with Crippen LogP contribution in [0.25, 0.3) is 0 Å². The molecule has 18 heavy (non-hydrogen) atoms. The molecule has 2 atom stereocenters. The van der Waals surface area contributed by atoms with E-state index in [2.05, 4.69) is 5.32 Å². The summed E-state index contributed by atoms with van der Waals surface area (Å²) in [6.45, 7) is 2.94. The van der Waals surface area contributed by atoms with Crippen molar-refractivity contribution in [2.75, 3.05) is 31.1 Å². The number of anilines is 1. The lowest BCUT2D eigenvalue weighted by Gasteiger charge is -2.35. The van der Waals surface area contributed by atoms with Crippen molar-refractivity contribution in [3.05, 3.63) is 30.3 Å². The van der Waals surface area contributed by atoms with E-state index in [-0.39, 0.29) is 18.6 Å². The summed E-state index contributed by atoms with van der Waals surface area (Å²) in [6.07, 6.45) is 1.31. The lowest BCUT2D eigenvalue weighted by Crippen LogP contribution is -2.49. The Morgan fingerprint density at radius 2 is 2.11 bits per heavy atom. The van der Waals surface area contributed by atoms with E-state index < -0.39 is 0 Å². The van der Waals surface area contributed by atoms with Gasteiger partial charge in [-0.05, 0) is 25.1 Å². The predicted molar refractivity (Wildman–Crippen MR) is 69.5 cm³/mol. The van der Waals surface area contributed by atoms with Gasteiger partial charge in [-0.25, -0.2) is 0 Å². The third-order valence-corrected chi connectivity index (χ3v) is 3.78. The molecule has 2 heterocycles. The number of nitrogens with zero attached hydrogens (tertiary/aromatic N) is 1. The van der Waals surface area contributed by atoms with Gasteiger partial charge in [0.05, 0.1) is 12.6 Å². The number of hydrogen-bond acceptors (Lipinski definition) is 3. The molecule has 96 valence electrons. The number of ether oxygens (including phenoxy) is 1. The van der Waals surface area contributed by atoms with Crippen LogP contribution < -0.4 is 10.2 Å². The SMILES string of the molecule is O=C1COC(C2CCNC2)CN1c1ccccc1. The van der Waals surface area contributed by atoms with E-state index in [0.717, 1.165) is 25.2 Å². The summed E-state index contributed by atoms with van der Waals surface area (Å²) < 4.78 is 5.69. The molecule has 0 aliphatic carbocycles. The van der Waals surface area contributed by atoms with Gasteiger partial charge in [-0.3, -0.25) is 4.79 Å². The number of benzene rings is 1. The van der Waals surface area contributed by atoms with Crippen molar-refractivity contribution in [1.29, 1.82) is 0 Å². The van der Waals surface area contributed by atoms with Crippen LogP contribution >= 0.6 is 0 Å². The zero-order chi connectivity index (χ0) is 12.4. The molecule has 2 aliphatic heterocycles. The van der Waals surface area contributed by atoms with Crippen LogP contribution in [0.4, 0.5) is 5.69 Å². The highest BCUT2D eigenvalue weighted by Crippen LogP contribution is 2.24. The van der Waals surface area contributed by atoms with Crippen molar-refractivity contribution in [3.8, 4) is 0 Å². The van der Waals surface area contributed by atoms with E-state index in [4.69, 9.17) is 4.74 Å². The van der Waals surface area contributed by atoms with E-state index >= 15 is 0 Å². The summed E-state index contributed by atoms with van der Waals surface area (Å²) in [7, 11) is 0. The zero-order valence-electron chi connectivity index (χ0n) is 10.3. The number of rotatable bonds is 2. The normalized spacial score (nSPS) is 28.7. The highest BCUT2D eigenvalue weighted by Gasteiger charge is 2.33. The van der Waals surface area contributed by atoms with Crippen LogP contribution in [-0.2, 0) is 9.53 Å². The van der Waals surface area contributed by atoms with Gasteiger partial charge in [0.15, 0.2) is 0 Å². The van der Waals surface area contributed by atoms with E-state index in [0.29, 0.717) is 12.5 Å². The molecule has 1 aromatic rings. The number of nitrogens with one attached hydrogen (secondary N) is 1. The number of para-hydroxylation sites is 1. The molecule has 0 aromatic heterocycles. The molecule has 4 heteroatoms. The molecular formula is C14H18N2O2. The molecule has 0 saturated carbocycles. The van der Waals surface area contributed by atoms with Gasteiger partial charge >= 0.3 is 0 Å². The monoisotopic (exact) mass is 246 g/mol. The molecule has 2 saturated heterocycles. The minimum atomic E-state index is 0.0587. The Bertz CT molecular complexity index is 415. The topological polar surface area (TPSA) is 41.6 Å². The van der Waals surface area contributed by atoms with E-state index in [1.54, 1.807) is 0 Å². The maximum absolute atomic E-state index is 11.9. The molecule has 1 aromatic carbocycles. The first-order valence-electron chi connectivity index (χ1n) is 6.52. The second-order valence-electron chi connectivity index (χ2n) is 4.94. The van der Waals surface area contributed by atoms with Crippen molar-refractivity contribution in [1.82, 2.24) is 5.32 Å². The fourth-order valence-corrected chi connectivity index (χ4v) is 2.73. The maximum atomic E-state index is 11.9. The van der Waals surface area contributed by atoms with Crippen molar-refractivity contribution >= 4 is 11.6 Å². The molecular weight excluding hydrogens is 228 g/mol. The van der Waals surface area contributed by atoms with Gasteiger partial charge in [0.25, 0.3) is 5.91 Å². The lowest BCUT2D eigenvalue weighted by atomic mass is 9.99. The van der Waals surface area contributed by atoms with E-state index in [1.807, 2.05) is 35.2 Å². The lowest BCUT2D eigenvalue weighted by molar-refractivity contribution is -0.131. The Hall–Kier alpha value is -1.39. The molecule has 0 radical (unpaired) electrons. The van der Waals surface area contributed by atoms with Gasteiger partial charge in [0, 0.05) is 18.2 Å². The summed E-state index contributed by atoms with van der Waals surface area (Å²) in [5.74, 6) is 0.590. The van der Waals surface area contributed by atoms with Crippen molar-refractivity contribution < 1.29 is 9.53 Å². The molecule has 3 rings (SSSR count). The summed E-state index contributed by atoms with van der Waals surface area (Å²) >= 11 is 0. The van der Waals surface area contributed by atoms with Crippen molar-refractivity contribution in [2.24, 2.45) is 5.92 Å². The minimum Gasteiger partial charge on any atom is -0.366 e. The Labute approximate surface area is 107 Å². The highest BCUT2D eigenvalue weighted by molar-refractivity contribution is 5.94. The average Bonchev–Trinajstić information content (AvgIpc) is 2.94. The molecule has 2 unspecified atom stereocenters. The first kappa shape index (κ1) is 11.7. The minimum absolute atomic E-state index is 0.0587. The zero-order valence-corrected chi connectivity index (χ0v) is 10.3. The molecule has 1 N–H and O–H groups in total. The average molecular weight is 246 g/mol. The van der Waals surface area contributed by atoms with Gasteiger partial charge < -0.3 is 15.0 Å². The van der Waals surface area contributed by atoms with Gasteiger partial charge in [-0.1, -0.05) is 18.2 Å². The Kier molecular flexibility index (Phi) is 3.30. The molecule has 2 aliphatic rings. The van der Waals surface area contributed by atoms with Crippen molar-refractivity contribution in [3.63, 3.8) is 0 Å². The molecule has 2 fully saturated rings. The largest absolute Gasteiger partial charge is 0.366 e. The van der Waals surface area contributed by atoms with Gasteiger partial charge in [0.2, 0.25) is 0 Å². The van der Waals surface area contributed by atoms with Gasteiger partial charge in [-0.2, -0.15) is 0 Å². The van der Waals surface area contributed by atoms with Crippen LogP contribution in [0.1, 0.15) is 6.42 Å². The predicted octanol–water partition coefficient (Wildman–Crippen LogP) is 1.03. The molecule has 4 nitrogen and oxygen atoms in total. The highest BCUT2D eigenvalue weighted by atomic mass is 16.5. The number of carbonyl (C=O) groups excluding carboxylic acids is 1. The quantitative estimate of drug-likeness (QED) is 0.847. The molecule has 0 spiro atoms. The number of hydrogen-bond donors (Lipinski definition) is 1. The third kappa shape index (κ3) is 2.26. The van der Waals surface area contributed by atoms with Crippen LogP contribution in [-0.4, -0.2) is 38.3 Å². The Balaban J connectivity index is 1.74. The summed E-state index contributed by atoms with van der Waals surface area (Å²) in [5.41, 5.74) is 0.974. The van der Waals surface area contributed by atoms with Gasteiger partial charge in [-0.15, -0.1) is 0 Å². The molecule has 0 bridgehead atoms. The fraction of sp³-hybridized carbons (Fsp3) is 0.500. The Morgan fingerprint density at radius 3 is 2.83 bits per heavy atom. The third-order valence-electron chi connectivity index (χ3n) is 3.78. The van der Waals surface area contributed by atoms with Crippen LogP contribution in [0, 0.1) is 5.92 Å². The van der Waals surface area contributed by atoms with E-state index in [1.165, 1.54) is 0 Å². The summed E-state index contributed by atoms with van der Waals surface area (Å²) in [4.78, 5) is 13.8. The first-order valence-corrected chi connectivity index (χ1v) is 6.52. The summed E-state index contributed by atoms with van der Waals surface area (Å²) in [5, 5.41) is 3.35. The number of morpholine rings is 1. The van der Waals surface area contributed by atoms with Crippen LogP contribution in [0.2, 0.25) is 0 Å². The van der Waals surface area contributed by atoms with Crippen molar-refractivity contribution in [2.45, 2.75) is 12.5 Å². The Morgan fingerprint density at radius 1 is 1.28 bits per heavy atom. The first-order chi connectivity index (χ1) is 8.84. The second-order valence-corrected chi connectivity index (χ2v) is 4.94. The number of carbonyl (C=O) groups is 1. The van der Waals surface area contributed by atoms with Crippen LogP contribution in [0.5, 0.6) is 0 Å². The smallest absolute Gasteiger partial charge is 0.253 e. The van der Waals surface area contributed by atoms with E-state index in [9.17, 15) is 4.79 Å². The van der Waals surface area contributed by atoms with Crippen LogP contribution in [0.3, 0.4) is 0 Å². The second kappa shape index (κ2) is 5.08.